The van der Waals surface area contributed by atoms with Crippen LogP contribution < -0.4 is 4.90 Å². The Balaban J connectivity index is 1.50. The fourth-order valence-electron chi connectivity index (χ4n) is 5.86. The van der Waals surface area contributed by atoms with Crippen LogP contribution in [0, 0.1) is 29.6 Å². The number of para-hydroxylation sites is 1. The molecule has 4 rings (SSSR count). The van der Waals surface area contributed by atoms with E-state index in [-0.39, 0.29) is 28.6 Å². The number of rotatable bonds is 2. The molecule has 0 radical (unpaired) electrons. The van der Waals surface area contributed by atoms with Gasteiger partial charge in [-0.3, -0.25) is 4.79 Å². The quantitative estimate of drug-likeness (QED) is 0.641. The summed E-state index contributed by atoms with van der Waals surface area (Å²) >= 11 is 0. The molecule has 0 aromatic heterocycles. The number of hydrogen-bond acceptors (Lipinski definition) is 4. The number of anilines is 1. The highest BCUT2D eigenvalue weighted by Crippen LogP contribution is 2.66. The van der Waals surface area contributed by atoms with Crippen molar-refractivity contribution in [3.05, 3.63) is 29.8 Å². The van der Waals surface area contributed by atoms with Gasteiger partial charge in [-0.05, 0) is 42.7 Å². The predicted octanol–water partition coefficient (Wildman–Crippen LogP) is 3.55. The van der Waals surface area contributed by atoms with E-state index in [0.717, 1.165) is 44.7 Å². The van der Waals surface area contributed by atoms with Crippen molar-refractivity contribution in [2.45, 2.75) is 40.5 Å². The van der Waals surface area contributed by atoms with Gasteiger partial charge in [-0.25, -0.2) is 0 Å². The predicted molar refractivity (Wildman–Crippen MR) is 107 cm³/mol. The van der Waals surface area contributed by atoms with Crippen LogP contribution in [-0.4, -0.2) is 47.9 Å². The number of benzene rings is 1. The minimum Gasteiger partial charge on any atom is -0.411 e. The Kier molecular flexibility index (Phi) is 4.24. The number of aryl methyl sites for hydroxylation is 1. The normalized spacial score (nSPS) is 33.7. The van der Waals surface area contributed by atoms with Gasteiger partial charge in [-0.1, -0.05) is 44.1 Å². The second-order valence-corrected chi connectivity index (χ2v) is 9.26. The Hall–Kier alpha value is -2.04. The molecule has 5 heteroatoms. The summed E-state index contributed by atoms with van der Waals surface area (Å²) in [6.45, 7) is 11.9. The number of carbonyl (C=O) groups excluding carboxylic acids is 1. The fraction of sp³-hybridized carbons (Fsp3) is 0.636. The summed E-state index contributed by atoms with van der Waals surface area (Å²) in [7, 11) is 0. The van der Waals surface area contributed by atoms with Crippen LogP contribution in [-0.2, 0) is 4.79 Å². The molecule has 1 aromatic carbocycles. The third-order valence-corrected chi connectivity index (χ3v) is 7.99. The summed E-state index contributed by atoms with van der Waals surface area (Å²) in [5.41, 5.74) is 3.08. The van der Waals surface area contributed by atoms with Crippen molar-refractivity contribution < 1.29 is 10.0 Å². The van der Waals surface area contributed by atoms with Crippen LogP contribution in [0.2, 0.25) is 0 Å². The van der Waals surface area contributed by atoms with E-state index in [0.29, 0.717) is 0 Å². The molecule has 1 heterocycles. The summed E-state index contributed by atoms with van der Waals surface area (Å²) in [4.78, 5) is 17.8. The van der Waals surface area contributed by atoms with E-state index in [4.69, 9.17) is 0 Å². The van der Waals surface area contributed by atoms with Crippen LogP contribution in [0.15, 0.2) is 29.4 Å². The van der Waals surface area contributed by atoms with Gasteiger partial charge in [0, 0.05) is 37.3 Å². The van der Waals surface area contributed by atoms with Gasteiger partial charge in [0.05, 0.1) is 11.6 Å². The molecule has 3 unspecified atom stereocenters. The third kappa shape index (κ3) is 2.50. The first-order valence-electron chi connectivity index (χ1n) is 10.1. The van der Waals surface area contributed by atoms with Crippen molar-refractivity contribution in [2.24, 2.45) is 27.8 Å². The number of piperazine rings is 1. The highest BCUT2D eigenvalue weighted by atomic mass is 16.4. The smallest absolute Gasteiger partial charge is 0.231 e. The molecule has 1 aromatic rings. The van der Waals surface area contributed by atoms with E-state index in [1.54, 1.807) is 0 Å². The second-order valence-electron chi connectivity index (χ2n) is 9.26. The maximum atomic E-state index is 13.4. The molecule has 1 N–H and O–H groups in total. The van der Waals surface area contributed by atoms with Gasteiger partial charge in [-0.15, -0.1) is 0 Å². The Morgan fingerprint density at radius 2 is 1.81 bits per heavy atom. The summed E-state index contributed by atoms with van der Waals surface area (Å²) in [5.74, 6) is 0.179. The van der Waals surface area contributed by atoms with E-state index in [1.165, 1.54) is 11.3 Å². The third-order valence-electron chi connectivity index (χ3n) is 7.99. The van der Waals surface area contributed by atoms with Crippen molar-refractivity contribution in [1.29, 1.82) is 0 Å². The first-order valence-corrected chi connectivity index (χ1v) is 10.1. The van der Waals surface area contributed by atoms with E-state index >= 15 is 0 Å². The first kappa shape index (κ1) is 18.3. The van der Waals surface area contributed by atoms with Crippen molar-refractivity contribution in [3.63, 3.8) is 0 Å². The van der Waals surface area contributed by atoms with Crippen molar-refractivity contribution in [2.75, 3.05) is 31.1 Å². The average molecular weight is 370 g/mol. The van der Waals surface area contributed by atoms with Crippen LogP contribution >= 0.6 is 0 Å². The van der Waals surface area contributed by atoms with Gasteiger partial charge in [0.1, 0.15) is 0 Å². The lowest BCUT2D eigenvalue weighted by atomic mass is 9.70. The zero-order valence-corrected chi connectivity index (χ0v) is 16.9. The molecule has 2 aliphatic carbocycles. The molecule has 3 atom stereocenters. The number of oxime groups is 1. The van der Waals surface area contributed by atoms with Gasteiger partial charge in [0.25, 0.3) is 0 Å². The van der Waals surface area contributed by atoms with Gasteiger partial charge in [0.15, 0.2) is 0 Å². The number of carbonyl (C=O) groups is 1. The van der Waals surface area contributed by atoms with Gasteiger partial charge >= 0.3 is 0 Å². The Labute approximate surface area is 162 Å². The van der Waals surface area contributed by atoms with Crippen LogP contribution in [0.1, 0.15) is 39.2 Å². The SMILES string of the molecule is Cc1ccccc1N1CCN(C(=O)C2C(=NO)C3(C)CCC2C3(C)C)CC1. The highest BCUT2D eigenvalue weighted by Gasteiger charge is 2.67. The van der Waals surface area contributed by atoms with Gasteiger partial charge in [0.2, 0.25) is 5.91 Å². The maximum Gasteiger partial charge on any atom is 0.231 e. The second kappa shape index (κ2) is 6.25. The molecule has 1 saturated heterocycles. The van der Waals surface area contributed by atoms with Crippen molar-refractivity contribution in [3.8, 4) is 0 Å². The summed E-state index contributed by atoms with van der Waals surface area (Å²) < 4.78 is 0. The molecular formula is C22H31N3O2. The van der Waals surface area contributed by atoms with Gasteiger partial charge in [-0.2, -0.15) is 0 Å². The first-order chi connectivity index (χ1) is 12.8. The van der Waals surface area contributed by atoms with E-state index in [2.05, 4.69) is 62.0 Å². The number of amides is 1. The summed E-state index contributed by atoms with van der Waals surface area (Å²) in [5, 5.41) is 13.4. The van der Waals surface area contributed by atoms with Crippen molar-refractivity contribution >= 4 is 17.3 Å². The van der Waals surface area contributed by atoms with Crippen LogP contribution in [0.5, 0.6) is 0 Å². The van der Waals surface area contributed by atoms with E-state index in [1.807, 2.05) is 4.90 Å². The molecule has 146 valence electrons. The molecule has 0 spiro atoms. The zero-order valence-electron chi connectivity index (χ0n) is 16.9. The molecule has 3 aliphatic rings. The number of nitrogens with zero attached hydrogens (tertiary/aromatic N) is 3. The number of hydrogen-bond donors (Lipinski definition) is 1. The summed E-state index contributed by atoms with van der Waals surface area (Å²) in [6, 6.07) is 8.42. The molecule has 5 nitrogen and oxygen atoms in total. The zero-order chi connectivity index (χ0) is 19.4. The minimum absolute atomic E-state index is 0.00212. The topological polar surface area (TPSA) is 56.1 Å². The standard InChI is InChI=1S/C22H31N3O2/c1-15-7-5-6-8-17(15)24-11-13-25(14-12-24)20(26)18-16-9-10-22(4,19(18)23-27)21(16,2)3/h5-8,16,18,27H,9-14H2,1-4H3. The lowest BCUT2D eigenvalue weighted by Crippen LogP contribution is -2.52. The van der Waals surface area contributed by atoms with Crippen LogP contribution in [0.4, 0.5) is 5.69 Å². The maximum absolute atomic E-state index is 13.4. The van der Waals surface area contributed by atoms with Gasteiger partial charge < -0.3 is 15.0 Å². The molecule has 1 amide bonds. The molecule has 1 aliphatic heterocycles. The van der Waals surface area contributed by atoms with E-state index in [9.17, 15) is 10.0 Å². The lowest BCUT2D eigenvalue weighted by Gasteiger charge is -2.39. The Morgan fingerprint density at radius 3 is 2.44 bits per heavy atom. The molecule has 2 bridgehead atoms. The average Bonchev–Trinajstić information content (AvgIpc) is 2.99. The van der Waals surface area contributed by atoms with E-state index < -0.39 is 0 Å². The van der Waals surface area contributed by atoms with Crippen LogP contribution in [0.3, 0.4) is 0 Å². The van der Waals surface area contributed by atoms with Crippen LogP contribution in [0.25, 0.3) is 0 Å². The molecule has 3 fully saturated rings. The fourth-order valence-corrected chi connectivity index (χ4v) is 5.86. The molecule has 2 saturated carbocycles. The Morgan fingerprint density at radius 1 is 1.15 bits per heavy atom. The minimum atomic E-state index is -0.256. The van der Waals surface area contributed by atoms with Crippen molar-refractivity contribution in [1.82, 2.24) is 4.90 Å². The Bertz CT molecular complexity index is 780. The monoisotopic (exact) mass is 369 g/mol. The largest absolute Gasteiger partial charge is 0.411 e. The molecule has 27 heavy (non-hydrogen) atoms. The highest BCUT2D eigenvalue weighted by molar-refractivity contribution is 6.10. The number of fused-ring (bicyclic) bond motifs is 2. The lowest BCUT2D eigenvalue weighted by molar-refractivity contribution is -0.135. The summed E-state index contributed by atoms with van der Waals surface area (Å²) in [6.07, 6.45) is 2.05. The molecular weight excluding hydrogens is 338 g/mol.